The third-order valence-electron chi connectivity index (χ3n) is 3.63. The Kier molecular flexibility index (Phi) is 6.96. The molecule has 1 aliphatic carbocycles. The SMILES string of the molecule is COc1ccc(-c2cc(OCC3(N)CC3)cnc2Cl)cc1.Cl.Cl. The van der Waals surface area contributed by atoms with E-state index < -0.39 is 0 Å². The van der Waals surface area contributed by atoms with Crippen LogP contribution in [0.2, 0.25) is 5.15 Å². The van der Waals surface area contributed by atoms with Crippen molar-refractivity contribution in [3.05, 3.63) is 41.7 Å². The maximum absolute atomic E-state index is 6.18. The number of hydrogen-bond acceptors (Lipinski definition) is 4. The number of pyridine rings is 1. The Balaban J connectivity index is 0.00000132. The molecule has 2 aromatic rings. The van der Waals surface area contributed by atoms with E-state index in [0.29, 0.717) is 17.5 Å². The van der Waals surface area contributed by atoms with Gasteiger partial charge in [-0.1, -0.05) is 23.7 Å². The molecule has 0 saturated heterocycles. The monoisotopic (exact) mass is 376 g/mol. The average Bonchev–Trinajstić information content (AvgIpc) is 3.25. The molecular weight excluding hydrogens is 359 g/mol. The van der Waals surface area contributed by atoms with Gasteiger partial charge in [-0.05, 0) is 36.6 Å². The van der Waals surface area contributed by atoms with Gasteiger partial charge in [0.25, 0.3) is 0 Å². The molecule has 0 aliphatic heterocycles. The van der Waals surface area contributed by atoms with E-state index in [1.54, 1.807) is 13.3 Å². The molecule has 1 aromatic carbocycles. The van der Waals surface area contributed by atoms with Crippen LogP contribution in [0.25, 0.3) is 11.1 Å². The molecule has 0 atom stereocenters. The van der Waals surface area contributed by atoms with Crippen LogP contribution in [0.1, 0.15) is 12.8 Å². The Morgan fingerprint density at radius 2 is 1.83 bits per heavy atom. The van der Waals surface area contributed by atoms with Crippen LogP contribution in [0.5, 0.6) is 11.5 Å². The second kappa shape index (κ2) is 8.06. The fraction of sp³-hybridized carbons (Fsp3) is 0.312. The van der Waals surface area contributed by atoms with Crippen molar-refractivity contribution in [2.45, 2.75) is 18.4 Å². The second-order valence-electron chi connectivity index (χ2n) is 5.39. The summed E-state index contributed by atoms with van der Waals surface area (Å²) in [6.07, 6.45) is 3.65. The summed E-state index contributed by atoms with van der Waals surface area (Å²) in [6, 6.07) is 9.55. The topological polar surface area (TPSA) is 57.4 Å². The van der Waals surface area contributed by atoms with E-state index in [9.17, 15) is 0 Å². The summed E-state index contributed by atoms with van der Waals surface area (Å²) in [6.45, 7) is 0.512. The highest BCUT2D eigenvalue weighted by Gasteiger charge is 2.39. The molecule has 3 rings (SSSR count). The molecule has 1 saturated carbocycles. The van der Waals surface area contributed by atoms with Gasteiger partial charge in [0, 0.05) is 5.56 Å². The average molecular weight is 378 g/mol. The number of benzene rings is 1. The molecule has 2 N–H and O–H groups in total. The number of hydrogen-bond donors (Lipinski definition) is 1. The van der Waals surface area contributed by atoms with Crippen LogP contribution in [0, 0.1) is 0 Å². The first-order valence-electron chi connectivity index (χ1n) is 6.81. The highest BCUT2D eigenvalue weighted by atomic mass is 35.5. The summed E-state index contributed by atoms with van der Waals surface area (Å²) in [7, 11) is 1.64. The minimum Gasteiger partial charge on any atom is -0.497 e. The van der Waals surface area contributed by atoms with Gasteiger partial charge in [-0.3, -0.25) is 0 Å². The number of nitrogens with zero attached hydrogens (tertiary/aromatic N) is 1. The predicted molar refractivity (Wildman–Crippen MR) is 97.4 cm³/mol. The highest BCUT2D eigenvalue weighted by Crippen LogP contribution is 2.34. The van der Waals surface area contributed by atoms with E-state index in [1.165, 1.54) is 0 Å². The van der Waals surface area contributed by atoms with Crippen LogP contribution in [-0.4, -0.2) is 24.2 Å². The van der Waals surface area contributed by atoms with Gasteiger partial charge in [-0.2, -0.15) is 0 Å². The van der Waals surface area contributed by atoms with E-state index in [2.05, 4.69) is 4.98 Å². The molecular formula is C16H19Cl3N2O2. The molecule has 1 aromatic heterocycles. The number of aromatic nitrogens is 1. The van der Waals surface area contributed by atoms with Gasteiger partial charge < -0.3 is 15.2 Å². The van der Waals surface area contributed by atoms with Crippen molar-refractivity contribution in [3.63, 3.8) is 0 Å². The third kappa shape index (κ3) is 4.88. The Hall–Kier alpha value is -1.20. The standard InChI is InChI=1S/C16H17ClN2O2.2ClH/c1-20-12-4-2-11(3-5-12)14-8-13(9-19-15(14)17)21-10-16(18)6-7-16;;/h2-5,8-9H,6-7,10,18H2,1H3;2*1H. The van der Waals surface area contributed by atoms with E-state index in [1.807, 2.05) is 30.3 Å². The summed E-state index contributed by atoms with van der Waals surface area (Å²) in [4.78, 5) is 4.19. The van der Waals surface area contributed by atoms with E-state index >= 15 is 0 Å². The van der Waals surface area contributed by atoms with Gasteiger partial charge in [0.2, 0.25) is 0 Å². The largest absolute Gasteiger partial charge is 0.497 e. The van der Waals surface area contributed by atoms with Crippen LogP contribution >= 0.6 is 36.4 Å². The Labute approximate surface area is 153 Å². The quantitative estimate of drug-likeness (QED) is 0.796. The molecule has 126 valence electrons. The molecule has 4 nitrogen and oxygen atoms in total. The van der Waals surface area contributed by atoms with Crippen LogP contribution < -0.4 is 15.2 Å². The molecule has 0 amide bonds. The van der Waals surface area contributed by atoms with Crippen molar-refractivity contribution in [2.24, 2.45) is 5.73 Å². The van der Waals surface area contributed by atoms with Gasteiger partial charge in [0.1, 0.15) is 23.3 Å². The Bertz CT molecular complexity index is 646. The minimum absolute atomic E-state index is 0. The molecule has 23 heavy (non-hydrogen) atoms. The second-order valence-corrected chi connectivity index (χ2v) is 5.75. The molecule has 1 heterocycles. The van der Waals surface area contributed by atoms with Gasteiger partial charge in [0.05, 0.1) is 18.8 Å². The molecule has 0 radical (unpaired) electrons. The van der Waals surface area contributed by atoms with Crippen LogP contribution in [0.4, 0.5) is 0 Å². The lowest BCUT2D eigenvalue weighted by Crippen LogP contribution is -2.29. The van der Waals surface area contributed by atoms with Gasteiger partial charge in [-0.25, -0.2) is 4.98 Å². The number of rotatable bonds is 5. The van der Waals surface area contributed by atoms with Crippen molar-refractivity contribution in [1.29, 1.82) is 0 Å². The van der Waals surface area contributed by atoms with Crippen molar-refractivity contribution in [1.82, 2.24) is 4.98 Å². The maximum Gasteiger partial charge on any atom is 0.138 e. The number of methoxy groups -OCH3 is 1. The molecule has 7 heteroatoms. The molecule has 0 bridgehead atoms. The van der Waals surface area contributed by atoms with Crippen molar-refractivity contribution < 1.29 is 9.47 Å². The number of halogens is 3. The Morgan fingerprint density at radius 1 is 1.17 bits per heavy atom. The van der Waals surface area contributed by atoms with E-state index in [4.69, 9.17) is 26.8 Å². The maximum atomic E-state index is 6.18. The summed E-state index contributed by atoms with van der Waals surface area (Å²) < 4.78 is 10.9. The lowest BCUT2D eigenvalue weighted by Gasteiger charge is -2.12. The summed E-state index contributed by atoms with van der Waals surface area (Å²) in [5.41, 5.74) is 7.66. The van der Waals surface area contributed by atoms with Crippen LogP contribution in [0.3, 0.4) is 0 Å². The summed E-state index contributed by atoms with van der Waals surface area (Å²) >= 11 is 6.18. The van der Waals surface area contributed by atoms with Gasteiger partial charge >= 0.3 is 0 Å². The molecule has 0 unspecified atom stereocenters. The molecule has 1 fully saturated rings. The smallest absolute Gasteiger partial charge is 0.138 e. The number of nitrogens with two attached hydrogens (primary N) is 1. The van der Waals surface area contributed by atoms with Crippen molar-refractivity contribution in [3.8, 4) is 22.6 Å². The summed E-state index contributed by atoms with van der Waals surface area (Å²) in [5.74, 6) is 1.48. The van der Waals surface area contributed by atoms with Crippen molar-refractivity contribution in [2.75, 3.05) is 13.7 Å². The van der Waals surface area contributed by atoms with E-state index in [-0.39, 0.29) is 30.4 Å². The van der Waals surface area contributed by atoms with Gasteiger partial charge in [-0.15, -0.1) is 24.8 Å². The zero-order chi connectivity index (χ0) is 14.9. The van der Waals surface area contributed by atoms with E-state index in [0.717, 1.165) is 29.7 Å². The molecule has 0 spiro atoms. The predicted octanol–water partition coefficient (Wildman–Crippen LogP) is 4.12. The lowest BCUT2D eigenvalue weighted by molar-refractivity contribution is 0.278. The minimum atomic E-state index is -0.153. The highest BCUT2D eigenvalue weighted by molar-refractivity contribution is 6.32. The fourth-order valence-corrected chi connectivity index (χ4v) is 2.23. The first-order valence-corrected chi connectivity index (χ1v) is 7.19. The van der Waals surface area contributed by atoms with Crippen LogP contribution in [-0.2, 0) is 0 Å². The van der Waals surface area contributed by atoms with Gasteiger partial charge in [0.15, 0.2) is 0 Å². The van der Waals surface area contributed by atoms with Crippen molar-refractivity contribution >= 4 is 36.4 Å². The lowest BCUT2D eigenvalue weighted by atomic mass is 10.1. The zero-order valence-corrected chi connectivity index (χ0v) is 15.0. The first-order chi connectivity index (χ1) is 10.1. The Morgan fingerprint density at radius 3 is 2.39 bits per heavy atom. The molecule has 1 aliphatic rings. The normalized spacial score (nSPS) is 14.2. The van der Waals surface area contributed by atoms with Crippen LogP contribution in [0.15, 0.2) is 36.5 Å². The summed E-state index contributed by atoms with van der Waals surface area (Å²) in [5, 5.41) is 0.446. The third-order valence-corrected chi connectivity index (χ3v) is 3.93. The fourth-order valence-electron chi connectivity index (χ4n) is 2.01. The first kappa shape index (κ1) is 19.8. The zero-order valence-electron chi connectivity index (χ0n) is 12.6. The number of ether oxygens (including phenoxy) is 2.